The molecule has 0 amide bonds. The molecule has 1 aliphatic carbocycles. The van der Waals surface area contributed by atoms with E-state index in [2.05, 4.69) is 29.0 Å². The standard InChI is InChI=1S/C13H24N4O2S/c1-11(2)14-6-7-17-10-13(9-15-17)20(18,19)16-8-12-4-3-5-12/h9-12,14,16H,3-8H2,1-2H3. The van der Waals surface area contributed by atoms with Gasteiger partial charge >= 0.3 is 0 Å². The average Bonchev–Trinajstić information content (AvgIpc) is 2.75. The fraction of sp³-hybridized carbons (Fsp3) is 0.769. The van der Waals surface area contributed by atoms with Crippen molar-refractivity contribution in [2.24, 2.45) is 5.92 Å². The molecule has 1 heterocycles. The zero-order valence-corrected chi connectivity index (χ0v) is 13.0. The molecule has 0 bridgehead atoms. The number of hydrogen-bond acceptors (Lipinski definition) is 4. The van der Waals surface area contributed by atoms with Gasteiger partial charge in [0.05, 0.1) is 12.7 Å². The van der Waals surface area contributed by atoms with E-state index >= 15 is 0 Å². The summed E-state index contributed by atoms with van der Waals surface area (Å²) in [5, 5.41) is 7.37. The van der Waals surface area contributed by atoms with Crippen LogP contribution in [0.15, 0.2) is 17.3 Å². The minimum Gasteiger partial charge on any atom is -0.313 e. The number of aromatic nitrogens is 2. The molecule has 1 aromatic rings. The second kappa shape index (κ2) is 6.69. The Balaban J connectivity index is 1.85. The maximum absolute atomic E-state index is 12.1. The number of hydrogen-bond donors (Lipinski definition) is 2. The highest BCUT2D eigenvalue weighted by atomic mass is 32.2. The van der Waals surface area contributed by atoms with E-state index in [1.165, 1.54) is 12.6 Å². The van der Waals surface area contributed by atoms with Gasteiger partial charge in [0.25, 0.3) is 0 Å². The molecule has 1 fully saturated rings. The van der Waals surface area contributed by atoms with Gasteiger partial charge in [-0.3, -0.25) is 4.68 Å². The Morgan fingerprint density at radius 3 is 2.80 bits per heavy atom. The molecule has 0 saturated heterocycles. The molecule has 0 radical (unpaired) electrons. The van der Waals surface area contributed by atoms with Crippen LogP contribution in [-0.2, 0) is 16.6 Å². The van der Waals surface area contributed by atoms with Crippen molar-refractivity contribution in [3.63, 3.8) is 0 Å². The van der Waals surface area contributed by atoms with Crippen molar-refractivity contribution in [1.29, 1.82) is 0 Å². The van der Waals surface area contributed by atoms with E-state index in [1.54, 1.807) is 10.9 Å². The van der Waals surface area contributed by atoms with Crippen molar-refractivity contribution in [2.45, 2.75) is 50.6 Å². The number of nitrogens with zero attached hydrogens (tertiary/aromatic N) is 2. The van der Waals surface area contributed by atoms with E-state index in [0.717, 1.165) is 19.4 Å². The molecular formula is C13H24N4O2S. The molecule has 0 aliphatic heterocycles. The summed E-state index contributed by atoms with van der Waals surface area (Å²) in [6.45, 7) is 6.12. The molecular weight excluding hydrogens is 276 g/mol. The largest absolute Gasteiger partial charge is 0.313 e. The van der Waals surface area contributed by atoms with Crippen LogP contribution in [0.1, 0.15) is 33.1 Å². The maximum Gasteiger partial charge on any atom is 0.243 e. The van der Waals surface area contributed by atoms with Crippen molar-refractivity contribution in [3.05, 3.63) is 12.4 Å². The summed E-state index contributed by atoms with van der Waals surface area (Å²) in [7, 11) is -3.41. The van der Waals surface area contributed by atoms with Crippen molar-refractivity contribution in [1.82, 2.24) is 19.8 Å². The van der Waals surface area contributed by atoms with Gasteiger partial charge in [-0.25, -0.2) is 13.1 Å². The van der Waals surface area contributed by atoms with Crippen molar-refractivity contribution in [3.8, 4) is 0 Å². The van der Waals surface area contributed by atoms with Gasteiger partial charge in [-0.2, -0.15) is 5.10 Å². The van der Waals surface area contributed by atoms with E-state index in [4.69, 9.17) is 0 Å². The lowest BCUT2D eigenvalue weighted by atomic mass is 9.86. The smallest absolute Gasteiger partial charge is 0.243 e. The molecule has 1 saturated carbocycles. The summed E-state index contributed by atoms with van der Waals surface area (Å²) in [5.41, 5.74) is 0. The van der Waals surface area contributed by atoms with Crippen LogP contribution in [0.4, 0.5) is 0 Å². The molecule has 7 heteroatoms. The van der Waals surface area contributed by atoms with Gasteiger partial charge in [0.1, 0.15) is 4.90 Å². The van der Waals surface area contributed by atoms with Crippen LogP contribution < -0.4 is 10.0 Å². The third kappa shape index (κ3) is 4.29. The molecule has 2 N–H and O–H groups in total. The first-order chi connectivity index (χ1) is 9.47. The van der Waals surface area contributed by atoms with Gasteiger partial charge < -0.3 is 5.32 Å². The number of nitrogens with one attached hydrogen (secondary N) is 2. The monoisotopic (exact) mass is 300 g/mol. The van der Waals surface area contributed by atoms with Gasteiger partial charge in [0.2, 0.25) is 10.0 Å². The lowest BCUT2D eigenvalue weighted by Gasteiger charge is -2.25. The molecule has 0 unspecified atom stereocenters. The molecule has 2 rings (SSSR count). The van der Waals surface area contributed by atoms with E-state index in [-0.39, 0.29) is 4.90 Å². The third-order valence-corrected chi connectivity index (χ3v) is 4.98. The predicted molar refractivity (Wildman–Crippen MR) is 77.9 cm³/mol. The highest BCUT2D eigenvalue weighted by molar-refractivity contribution is 7.89. The summed E-state index contributed by atoms with van der Waals surface area (Å²) in [4.78, 5) is 0.251. The van der Waals surface area contributed by atoms with E-state index in [0.29, 0.717) is 25.0 Å². The molecule has 0 atom stereocenters. The molecule has 1 aliphatic rings. The normalized spacial score (nSPS) is 16.6. The molecule has 114 valence electrons. The molecule has 0 aromatic carbocycles. The highest BCUT2D eigenvalue weighted by Crippen LogP contribution is 2.25. The number of rotatable bonds is 8. The van der Waals surface area contributed by atoms with Gasteiger partial charge in [0.15, 0.2) is 0 Å². The molecule has 1 aromatic heterocycles. The lowest BCUT2D eigenvalue weighted by molar-refractivity contribution is 0.316. The SMILES string of the molecule is CC(C)NCCn1cc(S(=O)(=O)NCC2CCC2)cn1. The second-order valence-electron chi connectivity index (χ2n) is 5.70. The second-order valence-corrected chi connectivity index (χ2v) is 7.46. The lowest BCUT2D eigenvalue weighted by Crippen LogP contribution is -2.32. The Kier molecular flexibility index (Phi) is 5.17. The van der Waals surface area contributed by atoms with Crippen LogP contribution in [-0.4, -0.2) is 37.3 Å². The summed E-state index contributed by atoms with van der Waals surface area (Å²) in [5.74, 6) is 0.509. The Hall–Kier alpha value is -0.920. The summed E-state index contributed by atoms with van der Waals surface area (Å²) in [6, 6.07) is 0.415. The van der Waals surface area contributed by atoms with Crippen LogP contribution in [0, 0.1) is 5.92 Å². The molecule has 6 nitrogen and oxygen atoms in total. The van der Waals surface area contributed by atoms with Crippen LogP contribution in [0.3, 0.4) is 0 Å². The topological polar surface area (TPSA) is 76.0 Å². The van der Waals surface area contributed by atoms with Crippen molar-refractivity contribution in [2.75, 3.05) is 13.1 Å². The third-order valence-electron chi connectivity index (χ3n) is 3.60. The Bertz CT molecular complexity index is 520. The predicted octanol–water partition coefficient (Wildman–Crippen LogP) is 0.960. The average molecular weight is 300 g/mol. The minimum absolute atomic E-state index is 0.251. The van der Waals surface area contributed by atoms with Crippen molar-refractivity contribution >= 4 is 10.0 Å². The van der Waals surface area contributed by atoms with Crippen LogP contribution in [0.25, 0.3) is 0 Å². The van der Waals surface area contributed by atoms with E-state index < -0.39 is 10.0 Å². The molecule has 20 heavy (non-hydrogen) atoms. The van der Waals surface area contributed by atoms with Gasteiger partial charge in [-0.05, 0) is 18.8 Å². The first kappa shape index (κ1) is 15.5. The first-order valence-electron chi connectivity index (χ1n) is 7.23. The Labute approximate surface area is 121 Å². The quantitative estimate of drug-likeness (QED) is 0.750. The fourth-order valence-electron chi connectivity index (χ4n) is 2.08. The summed E-state index contributed by atoms with van der Waals surface area (Å²) in [6.07, 6.45) is 6.47. The van der Waals surface area contributed by atoms with Gasteiger partial charge in [-0.1, -0.05) is 20.3 Å². The van der Waals surface area contributed by atoms with Crippen LogP contribution >= 0.6 is 0 Å². The highest BCUT2D eigenvalue weighted by Gasteiger charge is 2.22. The molecule has 0 spiro atoms. The minimum atomic E-state index is -3.41. The van der Waals surface area contributed by atoms with E-state index in [1.807, 2.05) is 0 Å². The van der Waals surface area contributed by atoms with E-state index in [9.17, 15) is 8.42 Å². The first-order valence-corrected chi connectivity index (χ1v) is 8.71. The number of sulfonamides is 1. The van der Waals surface area contributed by atoms with Gasteiger partial charge in [-0.15, -0.1) is 0 Å². The zero-order chi connectivity index (χ0) is 14.6. The Morgan fingerprint density at radius 1 is 1.45 bits per heavy atom. The summed E-state index contributed by atoms with van der Waals surface area (Å²) < 4.78 is 28.5. The zero-order valence-electron chi connectivity index (χ0n) is 12.2. The van der Waals surface area contributed by atoms with Crippen LogP contribution in [0.2, 0.25) is 0 Å². The van der Waals surface area contributed by atoms with Crippen molar-refractivity contribution < 1.29 is 8.42 Å². The maximum atomic E-state index is 12.1. The fourth-order valence-corrected chi connectivity index (χ4v) is 3.15. The summed E-state index contributed by atoms with van der Waals surface area (Å²) >= 11 is 0. The van der Waals surface area contributed by atoms with Gasteiger partial charge in [0, 0.05) is 25.3 Å². The Morgan fingerprint density at radius 2 is 2.20 bits per heavy atom. The van der Waals surface area contributed by atoms with Crippen LogP contribution in [0.5, 0.6) is 0 Å².